The van der Waals surface area contributed by atoms with Crippen molar-refractivity contribution in [2.24, 2.45) is 0 Å². The van der Waals surface area contributed by atoms with Crippen LogP contribution in [0.25, 0.3) is 121 Å². The van der Waals surface area contributed by atoms with E-state index in [1.807, 2.05) is 121 Å². The second-order valence-corrected chi connectivity index (χ2v) is 16.1. The van der Waals surface area contributed by atoms with Crippen LogP contribution < -0.4 is 0 Å². The third-order valence-electron chi connectivity index (χ3n) is 12.7. The summed E-state index contributed by atoms with van der Waals surface area (Å²) in [6.45, 7) is 0. The van der Waals surface area contributed by atoms with Crippen molar-refractivity contribution in [3.05, 3.63) is 193 Å². The van der Waals surface area contributed by atoms with Crippen molar-refractivity contribution < 1.29 is 30.8 Å². The summed E-state index contributed by atoms with van der Waals surface area (Å²) < 4.78 is 100. The summed E-state index contributed by atoms with van der Waals surface area (Å²) in [5, 5.41) is 6.27. The van der Waals surface area contributed by atoms with Gasteiger partial charge in [-0.15, -0.1) is 0 Å². The minimum absolute atomic E-state index is 0.0323. The molecule has 13 rings (SSSR count). The number of hydrogen-bond acceptors (Lipinski definition) is 2. The molecule has 0 spiro atoms. The highest BCUT2D eigenvalue weighted by molar-refractivity contribution is 6.25. The maximum absolute atomic E-state index is 16.8. The number of nitrogens with zero attached hydrogens (tertiary/aromatic N) is 2. The van der Waals surface area contributed by atoms with Crippen molar-refractivity contribution in [1.29, 1.82) is 0 Å². The molecule has 0 atom stereocenters. The zero-order valence-corrected chi connectivity index (χ0v) is 33.3. The molecular weight excluding hydrogens is 816 g/mol. The van der Waals surface area contributed by atoms with Crippen LogP contribution in [0, 0.1) is 11.6 Å². The van der Waals surface area contributed by atoms with Gasteiger partial charge in [-0.25, -0.2) is 8.78 Å². The molecule has 4 heterocycles. The van der Waals surface area contributed by atoms with Gasteiger partial charge in [0.2, 0.25) is 0 Å². The SMILES string of the molecule is Fc1ccccc1-c1c(-n2c3ccccc3c3c4oc5ccccc5c4ccc32)cc(-n2c3ccccc3c3c4oc5ccccc5c4ccc32)c(-c2ccccc2F)c1C(F)(F)F. The van der Waals surface area contributed by atoms with Crippen LogP contribution in [-0.4, -0.2) is 9.13 Å². The minimum atomic E-state index is -5.16. The van der Waals surface area contributed by atoms with E-state index < -0.39 is 34.5 Å². The maximum atomic E-state index is 16.8. The second-order valence-electron chi connectivity index (χ2n) is 16.1. The Kier molecular flexibility index (Phi) is 7.51. The molecule has 0 bridgehead atoms. The molecule has 0 aliphatic carbocycles. The predicted molar refractivity (Wildman–Crippen MR) is 245 cm³/mol. The van der Waals surface area contributed by atoms with E-state index in [0.717, 1.165) is 44.5 Å². The fourth-order valence-electron chi connectivity index (χ4n) is 10.2. The van der Waals surface area contributed by atoms with Gasteiger partial charge in [0.25, 0.3) is 0 Å². The molecule has 306 valence electrons. The lowest BCUT2D eigenvalue weighted by Crippen LogP contribution is -2.16. The van der Waals surface area contributed by atoms with Crippen LogP contribution in [0.5, 0.6) is 0 Å². The van der Waals surface area contributed by atoms with Crippen LogP contribution in [-0.2, 0) is 6.18 Å². The van der Waals surface area contributed by atoms with Crippen LogP contribution in [0.15, 0.2) is 185 Å². The molecule has 0 fully saturated rings. The Bertz CT molecular complexity index is 3850. The summed E-state index contributed by atoms with van der Waals surface area (Å²) in [6, 6.07) is 50.3. The molecule has 0 saturated carbocycles. The molecule has 4 aromatic heterocycles. The molecule has 0 radical (unpaired) electrons. The van der Waals surface area contributed by atoms with Crippen LogP contribution in [0.2, 0.25) is 0 Å². The summed E-state index contributed by atoms with van der Waals surface area (Å²) in [6.07, 6.45) is -5.16. The Morgan fingerprint density at radius 1 is 0.375 bits per heavy atom. The number of rotatable bonds is 4. The van der Waals surface area contributed by atoms with E-state index in [9.17, 15) is 0 Å². The Morgan fingerprint density at radius 2 is 0.766 bits per heavy atom. The molecular formula is C55H29F5N2O2. The molecule has 0 aliphatic heterocycles. The first-order chi connectivity index (χ1) is 31.3. The molecule has 0 N–H and O–H groups in total. The van der Waals surface area contributed by atoms with E-state index in [0.29, 0.717) is 55.2 Å². The van der Waals surface area contributed by atoms with Crippen LogP contribution in [0.3, 0.4) is 0 Å². The average molecular weight is 845 g/mol. The Labute approximate surface area is 359 Å². The van der Waals surface area contributed by atoms with Gasteiger partial charge in [0, 0.05) is 54.6 Å². The summed E-state index contributed by atoms with van der Waals surface area (Å²) in [7, 11) is 0. The van der Waals surface area contributed by atoms with Crippen LogP contribution >= 0.6 is 0 Å². The van der Waals surface area contributed by atoms with E-state index in [1.165, 1.54) is 36.4 Å². The molecule has 0 aliphatic rings. The normalized spacial score (nSPS) is 12.5. The monoisotopic (exact) mass is 844 g/mol. The van der Waals surface area contributed by atoms with Crippen LogP contribution in [0.1, 0.15) is 5.56 Å². The molecule has 13 aromatic rings. The van der Waals surface area contributed by atoms with E-state index >= 15 is 22.0 Å². The number of fused-ring (bicyclic) bond motifs is 14. The quantitative estimate of drug-likeness (QED) is 0.166. The van der Waals surface area contributed by atoms with E-state index in [2.05, 4.69) is 0 Å². The van der Waals surface area contributed by atoms with Crippen molar-refractivity contribution in [3.63, 3.8) is 0 Å². The lowest BCUT2D eigenvalue weighted by molar-refractivity contribution is -0.136. The molecule has 9 heteroatoms. The second kappa shape index (κ2) is 13.2. The summed E-state index contributed by atoms with van der Waals surface area (Å²) in [5.74, 6) is -1.74. The lowest BCUT2D eigenvalue weighted by atomic mass is 9.87. The number of alkyl halides is 3. The largest absolute Gasteiger partial charge is 0.455 e. The summed E-state index contributed by atoms with van der Waals surface area (Å²) in [5.41, 5.74) is 2.05. The number of aromatic nitrogens is 2. The van der Waals surface area contributed by atoms with Gasteiger partial charge in [-0.2, -0.15) is 13.2 Å². The number of benzene rings is 9. The molecule has 9 aromatic carbocycles. The predicted octanol–water partition coefficient (Wildman–Crippen LogP) is 16.3. The third kappa shape index (κ3) is 4.97. The molecule has 0 unspecified atom stereocenters. The van der Waals surface area contributed by atoms with Crippen LogP contribution in [0.4, 0.5) is 22.0 Å². The lowest BCUT2D eigenvalue weighted by Gasteiger charge is -2.27. The molecule has 0 amide bonds. The van der Waals surface area contributed by atoms with Crippen molar-refractivity contribution in [3.8, 4) is 33.6 Å². The first kappa shape index (κ1) is 36.5. The zero-order valence-electron chi connectivity index (χ0n) is 33.3. The van der Waals surface area contributed by atoms with Crippen molar-refractivity contribution >= 4 is 87.5 Å². The Hall–Kier alpha value is -8.17. The van der Waals surface area contributed by atoms with Gasteiger partial charge >= 0.3 is 6.18 Å². The Balaban J connectivity index is 1.28. The molecule has 4 nitrogen and oxygen atoms in total. The fourth-order valence-corrected chi connectivity index (χ4v) is 10.2. The van der Waals surface area contributed by atoms with Gasteiger partial charge < -0.3 is 18.0 Å². The highest BCUT2D eigenvalue weighted by Gasteiger charge is 2.42. The van der Waals surface area contributed by atoms with Crippen molar-refractivity contribution in [2.75, 3.05) is 0 Å². The third-order valence-corrected chi connectivity index (χ3v) is 12.7. The Morgan fingerprint density at radius 3 is 1.20 bits per heavy atom. The number of furan rings is 2. The van der Waals surface area contributed by atoms with Gasteiger partial charge in [-0.05, 0) is 66.7 Å². The van der Waals surface area contributed by atoms with E-state index in [1.54, 1.807) is 15.2 Å². The fraction of sp³-hybridized carbons (Fsp3) is 0.0182. The van der Waals surface area contributed by atoms with Gasteiger partial charge in [-0.3, -0.25) is 0 Å². The zero-order chi connectivity index (χ0) is 43.0. The minimum Gasteiger partial charge on any atom is -0.455 e. The highest BCUT2D eigenvalue weighted by Crippen LogP contribution is 2.53. The number of para-hydroxylation sites is 4. The van der Waals surface area contributed by atoms with Crippen molar-refractivity contribution in [1.82, 2.24) is 9.13 Å². The maximum Gasteiger partial charge on any atom is 0.417 e. The summed E-state index contributed by atoms with van der Waals surface area (Å²) >= 11 is 0. The number of halogens is 5. The molecule has 0 saturated heterocycles. The van der Waals surface area contributed by atoms with E-state index in [-0.39, 0.29) is 22.5 Å². The topological polar surface area (TPSA) is 36.1 Å². The van der Waals surface area contributed by atoms with Gasteiger partial charge in [0.15, 0.2) is 0 Å². The van der Waals surface area contributed by atoms with Gasteiger partial charge in [0.05, 0.1) is 49.8 Å². The molecule has 64 heavy (non-hydrogen) atoms. The smallest absolute Gasteiger partial charge is 0.417 e. The van der Waals surface area contributed by atoms with Gasteiger partial charge in [0.1, 0.15) is 34.0 Å². The first-order valence-electron chi connectivity index (χ1n) is 20.7. The first-order valence-corrected chi connectivity index (χ1v) is 20.7. The standard InChI is InChI=1S/C55H29F5N2O2/c56-38-19-7-1-15-34(38)48-44(61-40-21-9-3-17-36(40)50-42(61)27-25-32-30-13-5-11-23-46(30)63-53(32)50)29-45(49(52(48)55(58,59)60)35-16-2-8-20-39(35)57)62-41-22-10-4-18-37(41)51-43(62)28-26-33-31-14-6-12-24-47(31)64-54(33)51/h1-29H. The number of hydrogen-bond donors (Lipinski definition) is 0. The summed E-state index contributed by atoms with van der Waals surface area (Å²) in [4.78, 5) is 0. The average Bonchev–Trinajstić information content (AvgIpc) is 4.06. The highest BCUT2D eigenvalue weighted by atomic mass is 19.4. The van der Waals surface area contributed by atoms with Gasteiger partial charge in [-0.1, -0.05) is 109 Å². The van der Waals surface area contributed by atoms with Crippen molar-refractivity contribution in [2.45, 2.75) is 6.18 Å². The van der Waals surface area contributed by atoms with E-state index in [4.69, 9.17) is 8.83 Å².